The average molecular weight is 275 g/mol. The number of carbonyl (C=O) groups excluding carboxylic acids is 1. The zero-order valence-corrected chi connectivity index (χ0v) is 9.86. The monoisotopic (exact) mass is 274 g/mol. The lowest BCUT2D eigenvalue weighted by atomic mass is 10.1. The van der Waals surface area contributed by atoms with E-state index in [1.807, 2.05) is 30.3 Å². The van der Waals surface area contributed by atoms with Crippen molar-refractivity contribution in [3.8, 4) is 0 Å². The molecule has 0 spiro atoms. The molecule has 0 atom stereocenters. The zero-order valence-electron chi connectivity index (χ0n) is 8.27. The molecule has 0 radical (unpaired) electrons. The van der Waals surface area contributed by atoms with E-state index in [9.17, 15) is 4.79 Å². The Hall–Kier alpha value is -1.55. The van der Waals surface area contributed by atoms with Crippen LogP contribution in [0.5, 0.6) is 0 Å². The molecule has 1 aromatic heterocycles. The van der Waals surface area contributed by atoms with Crippen molar-refractivity contribution in [1.29, 1.82) is 0 Å². The van der Waals surface area contributed by atoms with Gasteiger partial charge in [0, 0.05) is 10.9 Å². The molecule has 1 aliphatic carbocycles. The molecular formula is C12H7BrN2O. The number of ketones is 1. The van der Waals surface area contributed by atoms with Crippen molar-refractivity contribution in [2.45, 2.75) is 6.42 Å². The third kappa shape index (κ3) is 1.38. The van der Waals surface area contributed by atoms with Crippen molar-refractivity contribution < 1.29 is 4.79 Å². The van der Waals surface area contributed by atoms with Crippen LogP contribution in [0, 0.1) is 0 Å². The van der Waals surface area contributed by atoms with E-state index in [1.165, 1.54) is 0 Å². The maximum atomic E-state index is 11.7. The lowest BCUT2D eigenvalue weighted by Gasteiger charge is -2.11. The number of carbonyl (C=O) groups is 1. The summed E-state index contributed by atoms with van der Waals surface area (Å²) in [5.41, 5.74) is 2.68. The first-order valence-corrected chi connectivity index (χ1v) is 5.71. The second-order valence-corrected chi connectivity index (χ2v) is 4.44. The van der Waals surface area contributed by atoms with E-state index >= 15 is 0 Å². The van der Waals surface area contributed by atoms with E-state index in [0.29, 0.717) is 17.8 Å². The number of nitrogens with zero attached hydrogens (tertiary/aromatic N) is 2. The number of allylic oxidation sites excluding steroid dienone is 1. The fourth-order valence-corrected chi connectivity index (χ4v) is 2.17. The Morgan fingerprint density at radius 1 is 1.06 bits per heavy atom. The highest BCUT2D eigenvalue weighted by atomic mass is 79.9. The number of hydrogen-bond donors (Lipinski definition) is 0. The van der Waals surface area contributed by atoms with Gasteiger partial charge in [0.05, 0.1) is 11.0 Å². The van der Waals surface area contributed by atoms with Gasteiger partial charge < -0.3 is 0 Å². The third-order valence-corrected chi connectivity index (χ3v) is 3.23. The van der Waals surface area contributed by atoms with Gasteiger partial charge >= 0.3 is 0 Å². The standard InChI is InChI=1S/C12H7BrN2O/c13-7-5-6-10(16)12-11(7)14-8-3-1-2-4-9(8)15-12/h1-5H,6H2. The van der Waals surface area contributed by atoms with Gasteiger partial charge in [-0.3, -0.25) is 4.79 Å². The second-order valence-electron chi connectivity index (χ2n) is 3.59. The van der Waals surface area contributed by atoms with Crippen LogP contribution in [0.3, 0.4) is 0 Å². The molecule has 0 aliphatic heterocycles. The molecule has 0 amide bonds. The van der Waals surface area contributed by atoms with Gasteiger partial charge in [-0.05, 0) is 28.1 Å². The summed E-state index contributed by atoms with van der Waals surface area (Å²) in [5, 5.41) is 0. The minimum absolute atomic E-state index is 0.0245. The first-order valence-electron chi connectivity index (χ1n) is 4.92. The van der Waals surface area contributed by atoms with E-state index in [4.69, 9.17) is 0 Å². The lowest BCUT2D eigenvalue weighted by Crippen LogP contribution is -2.11. The summed E-state index contributed by atoms with van der Waals surface area (Å²) < 4.78 is 0.848. The van der Waals surface area contributed by atoms with Crippen LogP contribution in [0.4, 0.5) is 0 Å². The summed E-state index contributed by atoms with van der Waals surface area (Å²) in [5.74, 6) is 0.0245. The smallest absolute Gasteiger partial charge is 0.187 e. The van der Waals surface area contributed by atoms with Crippen molar-refractivity contribution >= 4 is 37.2 Å². The predicted octanol–water partition coefficient (Wildman–Crippen LogP) is 2.95. The third-order valence-electron chi connectivity index (χ3n) is 2.53. The molecule has 1 aromatic carbocycles. The van der Waals surface area contributed by atoms with Gasteiger partial charge in [0.2, 0.25) is 0 Å². The molecule has 16 heavy (non-hydrogen) atoms. The van der Waals surface area contributed by atoms with Gasteiger partial charge in [-0.15, -0.1) is 0 Å². The quantitative estimate of drug-likeness (QED) is 0.742. The fraction of sp³-hybridized carbons (Fsp3) is 0.0833. The zero-order chi connectivity index (χ0) is 11.1. The molecule has 1 aliphatic rings. The predicted molar refractivity (Wildman–Crippen MR) is 65.4 cm³/mol. The molecule has 1 heterocycles. The molecule has 3 nitrogen and oxygen atoms in total. The highest BCUT2D eigenvalue weighted by Crippen LogP contribution is 2.29. The number of benzene rings is 1. The number of halogens is 1. The van der Waals surface area contributed by atoms with Crippen molar-refractivity contribution in [1.82, 2.24) is 9.97 Å². The molecular weight excluding hydrogens is 268 g/mol. The number of rotatable bonds is 0. The molecule has 0 saturated heterocycles. The summed E-state index contributed by atoms with van der Waals surface area (Å²) in [6.45, 7) is 0. The van der Waals surface area contributed by atoms with Crippen LogP contribution >= 0.6 is 15.9 Å². The summed E-state index contributed by atoms with van der Waals surface area (Å²) in [6.07, 6.45) is 2.22. The number of hydrogen-bond acceptors (Lipinski definition) is 3. The minimum Gasteiger partial charge on any atom is -0.292 e. The summed E-state index contributed by atoms with van der Waals surface area (Å²) >= 11 is 3.41. The van der Waals surface area contributed by atoms with Crippen LogP contribution < -0.4 is 0 Å². The van der Waals surface area contributed by atoms with E-state index in [0.717, 1.165) is 15.5 Å². The average Bonchev–Trinajstić information content (AvgIpc) is 2.32. The molecule has 0 bridgehead atoms. The Balaban J connectivity index is 2.39. The molecule has 0 fully saturated rings. The Bertz CT molecular complexity index is 634. The maximum absolute atomic E-state index is 11.7. The molecule has 78 valence electrons. The van der Waals surface area contributed by atoms with Crippen molar-refractivity contribution in [3.63, 3.8) is 0 Å². The van der Waals surface area contributed by atoms with Gasteiger partial charge in [0.25, 0.3) is 0 Å². The maximum Gasteiger partial charge on any atom is 0.187 e. The van der Waals surface area contributed by atoms with Crippen LogP contribution in [0.25, 0.3) is 15.5 Å². The molecule has 4 heteroatoms. The van der Waals surface area contributed by atoms with Crippen LogP contribution in [-0.4, -0.2) is 15.8 Å². The molecule has 2 aromatic rings. The van der Waals surface area contributed by atoms with Gasteiger partial charge in [-0.2, -0.15) is 0 Å². The highest BCUT2D eigenvalue weighted by molar-refractivity contribution is 9.15. The van der Waals surface area contributed by atoms with Gasteiger partial charge in [0.1, 0.15) is 11.4 Å². The van der Waals surface area contributed by atoms with Gasteiger partial charge in [0.15, 0.2) is 5.78 Å². The van der Waals surface area contributed by atoms with Gasteiger partial charge in [-0.1, -0.05) is 18.2 Å². The van der Waals surface area contributed by atoms with Gasteiger partial charge in [-0.25, -0.2) is 9.97 Å². The highest BCUT2D eigenvalue weighted by Gasteiger charge is 2.21. The SMILES string of the molecule is O=C1CC=C(Br)c2nc3ccccc3nc21. The summed E-state index contributed by atoms with van der Waals surface area (Å²) in [4.78, 5) is 20.5. The Labute approximate surface area is 100 Å². The van der Waals surface area contributed by atoms with E-state index < -0.39 is 0 Å². The van der Waals surface area contributed by atoms with E-state index in [1.54, 1.807) is 0 Å². The molecule has 0 N–H and O–H groups in total. The van der Waals surface area contributed by atoms with E-state index in [-0.39, 0.29) is 5.78 Å². The lowest BCUT2D eigenvalue weighted by molar-refractivity contribution is 0.0989. The van der Waals surface area contributed by atoms with Crippen LogP contribution in [0.15, 0.2) is 30.3 Å². The summed E-state index contributed by atoms with van der Waals surface area (Å²) in [7, 11) is 0. The number of fused-ring (bicyclic) bond motifs is 2. The largest absolute Gasteiger partial charge is 0.292 e. The van der Waals surface area contributed by atoms with Crippen molar-refractivity contribution in [2.24, 2.45) is 0 Å². The number of para-hydroxylation sites is 2. The number of Topliss-reactive ketones (excluding diaryl/α,β-unsaturated/α-hetero) is 1. The van der Waals surface area contributed by atoms with E-state index in [2.05, 4.69) is 25.9 Å². The van der Waals surface area contributed by atoms with Crippen LogP contribution in [0.1, 0.15) is 22.6 Å². The second kappa shape index (κ2) is 3.49. The Kier molecular flexibility index (Phi) is 2.11. The normalized spacial score (nSPS) is 14.8. The molecule has 3 rings (SSSR count). The first kappa shape index (κ1) is 9.66. The minimum atomic E-state index is 0.0245. The van der Waals surface area contributed by atoms with Crippen molar-refractivity contribution in [2.75, 3.05) is 0 Å². The Morgan fingerprint density at radius 3 is 2.38 bits per heavy atom. The topological polar surface area (TPSA) is 42.9 Å². The van der Waals surface area contributed by atoms with Crippen LogP contribution in [0.2, 0.25) is 0 Å². The number of aromatic nitrogens is 2. The summed E-state index contributed by atoms with van der Waals surface area (Å²) in [6, 6.07) is 7.55. The van der Waals surface area contributed by atoms with Crippen LogP contribution in [-0.2, 0) is 0 Å². The molecule has 0 unspecified atom stereocenters. The fourth-order valence-electron chi connectivity index (χ4n) is 1.74. The molecule has 0 saturated carbocycles. The van der Waals surface area contributed by atoms with Crippen molar-refractivity contribution in [3.05, 3.63) is 41.7 Å². The first-order chi connectivity index (χ1) is 7.75. The Morgan fingerprint density at radius 2 is 1.69 bits per heavy atom.